The first-order valence-electron chi connectivity index (χ1n) is 5.78. The van der Waals surface area contributed by atoms with E-state index in [1.807, 2.05) is 36.7 Å². The average Bonchev–Trinajstić information content (AvgIpc) is 2.70. The second-order valence-electron chi connectivity index (χ2n) is 4.17. The van der Waals surface area contributed by atoms with Gasteiger partial charge in [-0.1, -0.05) is 29.3 Å². The van der Waals surface area contributed by atoms with Crippen LogP contribution in [0.25, 0.3) is 0 Å². The van der Waals surface area contributed by atoms with Gasteiger partial charge >= 0.3 is 0 Å². The zero-order valence-corrected chi connectivity index (χ0v) is 12.1. The molecule has 1 aromatic carbocycles. The highest BCUT2D eigenvalue weighted by Gasteiger charge is 2.11. The topological polar surface area (TPSA) is 29.9 Å². The standard InChI is InChI=1S/C13H15Cl2N3/c1-4-18-7-9(3)16-13(18)17-12-10(14)6-5-8(2)11(12)15/h5-7H,4H2,1-3H3,(H,16,17). The third-order valence-corrected chi connectivity index (χ3v) is 3.56. The molecule has 0 saturated carbocycles. The number of hydrogen-bond acceptors (Lipinski definition) is 2. The number of halogens is 2. The Bertz CT molecular complexity index is 576. The molecule has 1 aromatic heterocycles. The highest BCUT2D eigenvalue weighted by molar-refractivity contribution is 6.39. The van der Waals surface area contributed by atoms with Crippen LogP contribution in [0.4, 0.5) is 11.6 Å². The summed E-state index contributed by atoms with van der Waals surface area (Å²) >= 11 is 12.4. The normalized spacial score (nSPS) is 10.7. The maximum Gasteiger partial charge on any atom is 0.207 e. The first-order valence-corrected chi connectivity index (χ1v) is 6.54. The van der Waals surface area contributed by atoms with E-state index < -0.39 is 0 Å². The summed E-state index contributed by atoms with van der Waals surface area (Å²) < 4.78 is 2.02. The lowest BCUT2D eigenvalue weighted by atomic mass is 10.2. The molecule has 2 rings (SSSR count). The summed E-state index contributed by atoms with van der Waals surface area (Å²) in [4.78, 5) is 4.42. The van der Waals surface area contributed by atoms with Crippen LogP contribution >= 0.6 is 23.2 Å². The number of aryl methyl sites for hydroxylation is 3. The summed E-state index contributed by atoms with van der Waals surface area (Å²) in [6, 6.07) is 3.73. The predicted molar refractivity (Wildman–Crippen MR) is 77.1 cm³/mol. The number of benzene rings is 1. The number of nitrogens with zero attached hydrogens (tertiary/aromatic N) is 2. The van der Waals surface area contributed by atoms with Crippen molar-refractivity contribution in [2.75, 3.05) is 5.32 Å². The zero-order chi connectivity index (χ0) is 13.3. The molecular formula is C13H15Cl2N3. The molecule has 0 saturated heterocycles. The van der Waals surface area contributed by atoms with Crippen LogP contribution in [0.3, 0.4) is 0 Å². The Balaban J connectivity index is 2.42. The summed E-state index contributed by atoms with van der Waals surface area (Å²) in [5.41, 5.74) is 2.65. The fourth-order valence-electron chi connectivity index (χ4n) is 1.77. The van der Waals surface area contributed by atoms with Crippen molar-refractivity contribution < 1.29 is 0 Å². The second kappa shape index (κ2) is 5.21. The van der Waals surface area contributed by atoms with Gasteiger partial charge in [-0.25, -0.2) is 4.98 Å². The number of hydrogen-bond donors (Lipinski definition) is 1. The lowest BCUT2D eigenvalue weighted by molar-refractivity contribution is 0.771. The maximum absolute atomic E-state index is 6.27. The van der Waals surface area contributed by atoms with Gasteiger partial charge < -0.3 is 9.88 Å². The van der Waals surface area contributed by atoms with E-state index in [1.165, 1.54) is 0 Å². The molecule has 0 aliphatic carbocycles. The molecule has 0 radical (unpaired) electrons. The van der Waals surface area contributed by atoms with Crippen LogP contribution in [0, 0.1) is 13.8 Å². The van der Waals surface area contributed by atoms with Crippen molar-refractivity contribution in [1.82, 2.24) is 9.55 Å². The van der Waals surface area contributed by atoms with Crippen LogP contribution in [-0.2, 0) is 6.54 Å². The molecule has 18 heavy (non-hydrogen) atoms. The third kappa shape index (κ3) is 2.47. The van der Waals surface area contributed by atoms with E-state index in [9.17, 15) is 0 Å². The highest BCUT2D eigenvalue weighted by Crippen LogP contribution is 2.34. The zero-order valence-electron chi connectivity index (χ0n) is 10.6. The first kappa shape index (κ1) is 13.2. The summed E-state index contributed by atoms with van der Waals surface area (Å²) in [5.74, 6) is 0.754. The van der Waals surface area contributed by atoms with Crippen LogP contribution in [0.2, 0.25) is 10.0 Å². The largest absolute Gasteiger partial charge is 0.323 e. The molecule has 96 valence electrons. The quantitative estimate of drug-likeness (QED) is 0.894. The van der Waals surface area contributed by atoms with Crippen molar-refractivity contribution in [3.8, 4) is 0 Å². The smallest absolute Gasteiger partial charge is 0.207 e. The van der Waals surface area contributed by atoms with Crippen LogP contribution in [0.1, 0.15) is 18.2 Å². The molecule has 0 atom stereocenters. The molecule has 0 bridgehead atoms. The van der Waals surface area contributed by atoms with E-state index in [0.717, 1.165) is 23.8 Å². The Morgan fingerprint density at radius 2 is 2.00 bits per heavy atom. The lowest BCUT2D eigenvalue weighted by Crippen LogP contribution is -2.02. The van der Waals surface area contributed by atoms with Crippen molar-refractivity contribution in [2.24, 2.45) is 0 Å². The van der Waals surface area contributed by atoms with Gasteiger partial charge in [-0.05, 0) is 32.4 Å². The SMILES string of the molecule is CCn1cc(C)nc1Nc1c(Cl)ccc(C)c1Cl. The molecular weight excluding hydrogens is 269 g/mol. The molecule has 1 heterocycles. The van der Waals surface area contributed by atoms with Crippen LogP contribution < -0.4 is 5.32 Å². The Morgan fingerprint density at radius 1 is 1.28 bits per heavy atom. The fourth-order valence-corrected chi connectivity index (χ4v) is 2.24. The van der Waals surface area contributed by atoms with Gasteiger partial charge in [0.05, 0.1) is 21.4 Å². The maximum atomic E-state index is 6.27. The number of anilines is 2. The summed E-state index contributed by atoms with van der Waals surface area (Å²) in [7, 11) is 0. The molecule has 2 aromatic rings. The molecule has 3 nitrogen and oxygen atoms in total. The molecule has 0 aliphatic rings. The molecule has 0 spiro atoms. The number of imidazole rings is 1. The molecule has 5 heteroatoms. The van der Waals surface area contributed by atoms with E-state index in [0.29, 0.717) is 15.7 Å². The minimum absolute atomic E-state index is 0.592. The van der Waals surface area contributed by atoms with E-state index in [-0.39, 0.29) is 0 Å². The summed E-state index contributed by atoms with van der Waals surface area (Å²) in [6.45, 7) is 6.80. The minimum atomic E-state index is 0.592. The molecule has 0 fully saturated rings. The van der Waals surface area contributed by atoms with E-state index in [4.69, 9.17) is 23.2 Å². The van der Waals surface area contributed by atoms with Gasteiger partial charge in [0.1, 0.15) is 0 Å². The second-order valence-corrected chi connectivity index (χ2v) is 4.96. The van der Waals surface area contributed by atoms with Crippen LogP contribution in [-0.4, -0.2) is 9.55 Å². The van der Waals surface area contributed by atoms with Gasteiger partial charge in [-0.15, -0.1) is 0 Å². The third-order valence-electron chi connectivity index (χ3n) is 2.76. The van der Waals surface area contributed by atoms with E-state index in [1.54, 1.807) is 0 Å². The van der Waals surface area contributed by atoms with Crippen molar-refractivity contribution in [3.05, 3.63) is 39.6 Å². The Morgan fingerprint density at radius 3 is 2.67 bits per heavy atom. The van der Waals surface area contributed by atoms with Gasteiger partial charge in [0.2, 0.25) is 5.95 Å². The monoisotopic (exact) mass is 283 g/mol. The highest BCUT2D eigenvalue weighted by atomic mass is 35.5. The van der Waals surface area contributed by atoms with Crippen molar-refractivity contribution >= 4 is 34.8 Å². The Labute approximate surface area is 117 Å². The van der Waals surface area contributed by atoms with Crippen molar-refractivity contribution in [2.45, 2.75) is 27.3 Å². The van der Waals surface area contributed by atoms with Gasteiger partial charge in [-0.3, -0.25) is 0 Å². The first-order chi connectivity index (χ1) is 8.52. The van der Waals surface area contributed by atoms with Crippen LogP contribution in [0.15, 0.2) is 18.3 Å². The van der Waals surface area contributed by atoms with Gasteiger partial charge in [-0.2, -0.15) is 0 Å². The average molecular weight is 284 g/mol. The van der Waals surface area contributed by atoms with Crippen molar-refractivity contribution in [3.63, 3.8) is 0 Å². The Kier molecular flexibility index (Phi) is 3.83. The molecule has 1 N–H and O–H groups in total. The van der Waals surface area contributed by atoms with Gasteiger partial charge in [0.25, 0.3) is 0 Å². The van der Waals surface area contributed by atoms with Crippen molar-refractivity contribution in [1.29, 1.82) is 0 Å². The van der Waals surface area contributed by atoms with E-state index in [2.05, 4.69) is 17.2 Å². The summed E-state index contributed by atoms with van der Waals surface area (Å²) in [6.07, 6.45) is 1.99. The molecule has 0 aliphatic heterocycles. The molecule has 0 amide bonds. The number of rotatable bonds is 3. The van der Waals surface area contributed by atoms with E-state index >= 15 is 0 Å². The van der Waals surface area contributed by atoms with Gasteiger partial charge in [0.15, 0.2) is 0 Å². The predicted octanol–water partition coefficient (Wildman–Crippen LogP) is 4.57. The number of aromatic nitrogens is 2. The Hall–Kier alpha value is -1.19. The number of nitrogens with one attached hydrogen (secondary N) is 1. The lowest BCUT2D eigenvalue weighted by Gasteiger charge is -2.12. The molecule has 0 unspecified atom stereocenters. The fraction of sp³-hybridized carbons (Fsp3) is 0.308. The van der Waals surface area contributed by atoms with Crippen LogP contribution in [0.5, 0.6) is 0 Å². The minimum Gasteiger partial charge on any atom is -0.323 e. The summed E-state index contributed by atoms with van der Waals surface area (Å²) in [5, 5.41) is 4.43. The van der Waals surface area contributed by atoms with Gasteiger partial charge in [0, 0.05) is 12.7 Å².